The summed E-state index contributed by atoms with van der Waals surface area (Å²) in [5.74, 6) is -0.763. The van der Waals surface area contributed by atoms with E-state index in [1.54, 1.807) is 0 Å². The normalized spacial score (nSPS) is 21.1. The number of piperazine rings is 1. The van der Waals surface area contributed by atoms with Crippen molar-refractivity contribution < 1.29 is 13.9 Å². The highest BCUT2D eigenvalue weighted by molar-refractivity contribution is 5.18. The number of nitrogens with zero attached hydrogens (tertiary/aromatic N) is 2. The van der Waals surface area contributed by atoms with Gasteiger partial charge >= 0.3 is 0 Å². The Morgan fingerprint density at radius 1 is 1.29 bits per heavy atom. The van der Waals surface area contributed by atoms with Crippen molar-refractivity contribution in [3.05, 3.63) is 35.4 Å². The van der Waals surface area contributed by atoms with Crippen molar-refractivity contribution in [3.8, 4) is 0 Å². The van der Waals surface area contributed by atoms with Crippen molar-refractivity contribution in [3.63, 3.8) is 0 Å². The molecule has 118 valence electrons. The highest BCUT2D eigenvalue weighted by Gasteiger charge is 2.28. The minimum atomic E-state index is -0.404. The zero-order chi connectivity index (χ0) is 15.4. The SMILES string of the molecule is CC(C)N1CCN(Cc2cc(F)ccc2F)CC1CCO. The van der Waals surface area contributed by atoms with Crippen molar-refractivity contribution >= 4 is 0 Å². The maximum Gasteiger partial charge on any atom is 0.127 e. The van der Waals surface area contributed by atoms with Gasteiger partial charge in [-0.2, -0.15) is 0 Å². The van der Waals surface area contributed by atoms with Gasteiger partial charge in [-0.3, -0.25) is 9.80 Å². The van der Waals surface area contributed by atoms with Crippen LogP contribution in [0.25, 0.3) is 0 Å². The zero-order valence-electron chi connectivity index (χ0n) is 12.7. The van der Waals surface area contributed by atoms with E-state index < -0.39 is 5.82 Å². The molecule has 5 heteroatoms. The van der Waals surface area contributed by atoms with Crippen molar-refractivity contribution in [2.24, 2.45) is 0 Å². The summed E-state index contributed by atoms with van der Waals surface area (Å²) in [6.45, 7) is 7.34. The summed E-state index contributed by atoms with van der Waals surface area (Å²) in [5.41, 5.74) is 0.399. The van der Waals surface area contributed by atoms with Gasteiger partial charge in [-0.15, -0.1) is 0 Å². The lowest BCUT2D eigenvalue weighted by atomic mass is 10.1. The largest absolute Gasteiger partial charge is 0.396 e. The van der Waals surface area contributed by atoms with Gasteiger partial charge in [0.1, 0.15) is 11.6 Å². The third-order valence-electron chi connectivity index (χ3n) is 4.14. The zero-order valence-corrected chi connectivity index (χ0v) is 12.7. The Hall–Kier alpha value is -1.04. The van der Waals surface area contributed by atoms with E-state index in [4.69, 9.17) is 0 Å². The fraction of sp³-hybridized carbons (Fsp3) is 0.625. The number of rotatable bonds is 5. The molecule has 1 heterocycles. The lowest BCUT2D eigenvalue weighted by Gasteiger charge is -2.43. The number of halogens is 2. The van der Waals surface area contributed by atoms with E-state index in [-0.39, 0.29) is 18.5 Å². The molecule has 1 aliphatic heterocycles. The Morgan fingerprint density at radius 2 is 2.05 bits per heavy atom. The molecule has 21 heavy (non-hydrogen) atoms. The summed E-state index contributed by atoms with van der Waals surface area (Å²) >= 11 is 0. The maximum absolute atomic E-state index is 13.7. The van der Waals surface area contributed by atoms with E-state index in [0.717, 1.165) is 25.7 Å². The van der Waals surface area contributed by atoms with Gasteiger partial charge in [0.2, 0.25) is 0 Å². The third kappa shape index (κ3) is 4.22. The van der Waals surface area contributed by atoms with Crippen LogP contribution in [0.3, 0.4) is 0 Å². The molecule has 0 aromatic heterocycles. The molecule has 0 amide bonds. The van der Waals surface area contributed by atoms with E-state index >= 15 is 0 Å². The molecule has 2 rings (SSSR count). The molecule has 1 aromatic carbocycles. The van der Waals surface area contributed by atoms with Gasteiger partial charge < -0.3 is 5.11 Å². The van der Waals surface area contributed by atoms with Crippen LogP contribution < -0.4 is 0 Å². The molecular weight excluding hydrogens is 274 g/mol. The Balaban J connectivity index is 2.03. The molecule has 1 unspecified atom stereocenters. The molecule has 0 bridgehead atoms. The minimum absolute atomic E-state index is 0.149. The summed E-state index contributed by atoms with van der Waals surface area (Å²) in [5, 5.41) is 9.22. The van der Waals surface area contributed by atoms with Gasteiger partial charge in [-0.25, -0.2) is 8.78 Å². The predicted octanol–water partition coefficient (Wildman–Crippen LogP) is 2.24. The van der Waals surface area contributed by atoms with Crippen LogP contribution in [0.1, 0.15) is 25.8 Å². The van der Waals surface area contributed by atoms with Gasteiger partial charge in [-0.05, 0) is 38.5 Å². The van der Waals surface area contributed by atoms with E-state index in [9.17, 15) is 13.9 Å². The molecule has 0 radical (unpaired) electrons. The van der Waals surface area contributed by atoms with Gasteiger partial charge in [0.05, 0.1) is 0 Å². The van der Waals surface area contributed by atoms with E-state index in [1.165, 1.54) is 12.1 Å². The molecule has 1 aliphatic rings. The van der Waals surface area contributed by atoms with Crippen LogP contribution in [-0.4, -0.2) is 53.2 Å². The number of aliphatic hydroxyl groups is 1. The third-order valence-corrected chi connectivity index (χ3v) is 4.14. The van der Waals surface area contributed by atoms with Gasteiger partial charge in [0.15, 0.2) is 0 Å². The van der Waals surface area contributed by atoms with Crippen molar-refractivity contribution in [2.45, 2.75) is 38.9 Å². The van der Waals surface area contributed by atoms with Crippen LogP contribution >= 0.6 is 0 Å². The Bertz CT molecular complexity index is 468. The average molecular weight is 298 g/mol. The highest BCUT2D eigenvalue weighted by Crippen LogP contribution is 2.19. The lowest BCUT2D eigenvalue weighted by Crippen LogP contribution is -2.55. The fourth-order valence-electron chi connectivity index (χ4n) is 3.07. The van der Waals surface area contributed by atoms with Crippen LogP contribution in [0.4, 0.5) is 8.78 Å². The van der Waals surface area contributed by atoms with Crippen LogP contribution in [0.2, 0.25) is 0 Å². The predicted molar refractivity (Wildman–Crippen MR) is 79.0 cm³/mol. The first-order valence-corrected chi connectivity index (χ1v) is 7.54. The van der Waals surface area contributed by atoms with Gasteiger partial charge in [0, 0.05) is 50.4 Å². The molecule has 0 aliphatic carbocycles. The van der Waals surface area contributed by atoms with Crippen LogP contribution in [-0.2, 0) is 6.54 Å². The molecule has 1 saturated heterocycles. The molecule has 1 N–H and O–H groups in total. The molecule has 1 aromatic rings. The number of benzene rings is 1. The van der Waals surface area contributed by atoms with E-state index in [0.29, 0.717) is 24.6 Å². The number of hydrogen-bond acceptors (Lipinski definition) is 3. The summed E-state index contributed by atoms with van der Waals surface area (Å²) in [4.78, 5) is 4.51. The second-order valence-electron chi connectivity index (χ2n) is 5.97. The topological polar surface area (TPSA) is 26.7 Å². The maximum atomic E-state index is 13.7. The van der Waals surface area contributed by atoms with Crippen molar-refractivity contribution in [1.29, 1.82) is 0 Å². The number of hydrogen-bond donors (Lipinski definition) is 1. The molecule has 0 saturated carbocycles. The quantitative estimate of drug-likeness (QED) is 0.903. The van der Waals surface area contributed by atoms with E-state index in [1.807, 2.05) is 0 Å². The van der Waals surface area contributed by atoms with Crippen LogP contribution in [0.15, 0.2) is 18.2 Å². The average Bonchev–Trinajstić information content (AvgIpc) is 2.43. The molecule has 1 fully saturated rings. The summed E-state index contributed by atoms with van der Waals surface area (Å²) in [6.07, 6.45) is 0.709. The van der Waals surface area contributed by atoms with Crippen molar-refractivity contribution in [2.75, 3.05) is 26.2 Å². The minimum Gasteiger partial charge on any atom is -0.396 e. The Kier molecular flexibility index (Phi) is 5.67. The Morgan fingerprint density at radius 3 is 2.71 bits per heavy atom. The highest BCUT2D eigenvalue weighted by atomic mass is 19.1. The van der Waals surface area contributed by atoms with Crippen LogP contribution in [0.5, 0.6) is 0 Å². The molecule has 0 spiro atoms. The summed E-state index contributed by atoms with van der Waals surface area (Å²) in [6, 6.07) is 4.28. The summed E-state index contributed by atoms with van der Waals surface area (Å²) in [7, 11) is 0. The number of aliphatic hydroxyl groups excluding tert-OH is 1. The van der Waals surface area contributed by atoms with E-state index in [2.05, 4.69) is 23.6 Å². The second-order valence-corrected chi connectivity index (χ2v) is 5.97. The molecule has 3 nitrogen and oxygen atoms in total. The first kappa shape index (κ1) is 16.3. The van der Waals surface area contributed by atoms with Gasteiger partial charge in [-0.1, -0.05) is 0 Å². The van der Waals surface area contributed by atoms with Gasteiger partial charge in [0.25, 0.3) is 0 Å². The lowest BCUT2D eigenvalue weighted by molar-refractivity contribution is 0.0344. The monoisotopic (exact) mass is 298 g/mol. The van der Waals surface area contributed by atoms with Crippen molar-refractivity contribution in [1.82, 2.24) is 9.80 Å². The van der Waals surface area contributed by atoms with Crippen LogP contribution in [0, 0.1) is 11.6 Å². The molecular formula is C16H24F2N2O. The summed E-state index contributed by atoms with van der Waals surface area (Å²) < 4.78 is 27.0. The second kappa shape index (κ2) is 7.29. The Labute approximate surface area is 125 Å². The standard InChI is InChI=1S/C16H24F2N2O/c1-12(2)20-7-6-19(11-15(20)5-8-21)10-13-9-14(17)3-4-16(13)18/h3-4,9,12,15,21H,5-8,10-11H2,1-2H3. The fourth-order valence-corrected chi connectivity index (χ4v) is 3.07. The first-order valence-electron chi connectivity index (χ1n) is 7.54. The first-order chi connectivity index (χ1) is 10.0. The smallest absolute Gasteiger partial charge is 0.127 e. The molecule has 1 atom stereocenters.